The summed E-state index contributed by atoms with van der Waals surface area (Å²) in [4.78, 5) is 2.34. The molecular formula is C16H25ClN2O. The van der Waals surface area contributed by atoms with Crippen molar-refractivity contribution in [1.29, 1.82) is 0 Å². The van der Waals surface area contributed by atoms with Crippen molar-refractivity contribution in [3.63, 3.8) is 0 Å². The Balaban J connectivity index is 1.66. The van der Waals surface area contributed by atoms with Gasteiger partial charge in [0.2, 0.25) is 0 Å². The summed E-state index contributed by atoms with van der Waals surface area (Å²) in [5.41, 5.74) is 6.04. The fourth-order valence-corrected chi connectivity index (χ4v) is 3.09. The number of hydrogen-bond donors (Lipinski definition) is 1. The molecular weight excluding hydrogens is 272 g/mol. The first-order valence-corrected chi connectivity index (χ1v) is 7.84. The van der Waals surface area contributed by atoms with Crippen molar-refractivity contribution in [2.24, 2.45) is 11.7 Å². The van der Waals surface area contributed by atoms with Crippen LogP contribution in [-0.4, -0.2) is 37.7 Å². The van der Waals surface area contributed by atoms with Crippen molar-refractivity contribution in [2.75, 3.05) is 26.7 Å². The largest absolute Gasteiger partial charge is 0.492 e. The minimum atomic E-state index is 0.407. The molecule has 4 heteroatoms. The first-order chi connectivity index (χ1) is 9.63. The molecule has 0 aliphatic heterocycles. The van der Waals surface area contributed by atoms with Gasteiger partial charge in [-0.15, -0.1) is 0 Å². The lowest BCUT2D eigenvalue weighted by Crippen LogP contribution is -2.35. The van der Waals surface area contributed by atoms with E-state index in [0.29, 0.717) is 17.7 Å². The lowest BCUT2D eigenvalue weighted by Gasteiger charge is -2.30. The van der Waals surface area contributed by atoms with Gasteiger partial charge in [-0.2, -0.15) is 0 Å². The molecule has 0 saturated heterocycles. The number of ether oxygens (including phenoxy) is 1. The number of rotatable bonds is 6. The summed E-state index contributed by atoms with van der Waals surface area (Å²) < 4.78 is 5.72. The van der Waals surface area contributed by atoms with E-state index in [4.69, 9.17) is 22.1 Å². The van der Waals surface area contributed by atoms with Crippen LogP contribution in [0.4, 0.5) is 0 Å². The van der Waals surface area contributed by atoms with Gasteiger partial charge in [-0.05, 0) is 50.4 Å². The molecule has 1 aromatic rings. The Morgan fingerprint density at radius 2 is 2.25 bits per heavy atom. The first-order valence-electron chi connectivity index (χ1n) is 7.46. The third kappa shape index (κ3) is 5.31. The Hall–Kier alpha value is -0.770. The van der Waals surface area contributed by atoms with Crippen molar-refractivity contribution in [3.05, 3.63) is 29.3 Å². The average Bonchev–Trinajstić information content (AvgIpc) is 2.38. The van der Waals surface area contributed by atoms with Gasteiger partial charge in [-0.3, -0.25) is 0 Å². The zero-order chi connectivity index (χ0) is 14.4. The third-order valence-electron chi connectivity index (χ3n) is 3.93. The SMILES string of the molecule is CN(CCOc1cccc(Cl)c1)C[C@@H]1CCC[C@H](N)C1. The minimum Gasteiger partial charge on any atom is -0.492 e. The highest BCUT2D eigenvalue weighted by Gasteiger charge is 2.20. The second kappa shape index (κ2) is 7.87. The second-order valence-corrected chi connectivity index (χ2v) is 6.30. The number of nitrogens with two attached hydrogens (primary N) is 1. The summed E-state index contributed by atoms with van der Waals surface area (Å²) in [6, 6.07) is 7.95. The van der Waals surface area contributed by atoms with Gasteiger partial charge in [0.05, 0.1) is 0 Å². The highest BCUT2D eigenvalue weighted by molar-refractivity contribution is 6.30. The van der Waals surface area contributed by atoms with Crippen LogP contribution in [0.3, 0.4) is 0 Å². The van der Waals surface area contributed by atoms with E-state index in [9.17, 15) is 0 Å². The van der Waals surface area contributed by atoms with Crippen LogP contribution in [0.5, 0.6) is 5.75 Å². The average molecular weight is 297 g/mol. The molecule has 1 aliphatic rings. The molecule has 1 saturated carbocycles. The quantitative estimate of drug-likeness (QED) is 0.876. The molecule has 3 nitrogen and oxygen atoms in total. The molecule has 1 fully saturated rings. The van der Waals surface area contributed by atoms with Gasteiger partial charge in [0.25, 0.3) is 0 Å². The molecule has 0 heterocycles. The Bertz CT molecular complexity index is 413. The maximum atomic E-state index is 6.04. The van der Waals surface area contributed by atoms with Gasteiger partial charge in [0.15, 0.2) is 0 Å². The number of halogens is 1. The van der Waals surface area contributed by atoms with Gasteiger partial charge >= 0.3 is 0 Å². The van der Waals surface area contributed by atoms with E-state index in [1.807, 2.05) is 24.3 Å². The van der Waals surface area contributed by atoms with Crippen LogP contribution in [0.25, 0.3) is 0 Å². The van der Waals surface area contributed by atoms with Gasteiger partial charge in [-0.1, -0.05) is 24.1 Å². The standard InChI is InChI=1S/C16H25ClN2O/c1-19(12-13-4-2-6-15(18)10-13)8-9-20-16-7-3-5-14(17)11-16/h3,5,7,11,13,15H,2,4,6,8-10,12,18H2,1H3/t13-,15+/m1/s1. The molecule has 2 rings (SSSR count). The molecule has 112 valence electrons. The fraction of sp³-hybridized carbons (Fsp3) is 0.625. The van der Waals surface area contributed by atoms with Crippen LogP contribution < -0.4 is 10.5 Å². The lowest BCUT2D eigenvalue weighted by molar-refractivity contribution is 0.189. The van der Waals surface area contributed by atoms with E-state index in [-0.39, 0.29) is 0 Å². The van der Waals surface area contributed by atoms with E-state index in [2.05, 4.69) is 11.9 Å². The van der Waals surface area contributed by atoms with Crippen LogP contribution in [-0.2, 0) is 0 Å². The van der Waals surface area contributed by atoms with Crippen LogP contribution in [0.2, 0.25) is 5.02 Å². The Kier molecular flexibility index (Phi) is 6.14. The third-order valence-corrected chi connectivity index (χ3v) is 4.17. The zero-order valence-corrected chi connectivity index (χ0v) is 13.0. The molecule has 1 aliphatic carbocycles. The second-order valence-electron chi connectivity index (χ2n) is 5.86. The summed E-state index contributed by atoms with van der Waals surface area (Å²) in [6.07, 6.45) is 4.95. The number of hydrogen-bond acceptors (Lipinski definition) is 3. The maximum absolute atomic E-state index is 6.04. The predicted octanol–water partition coefficient (Wildman–Crippen LogP) is 3.17. The predicted molar refractivity (Wildman–Crippen MR) is 84.4 cm³/mol. The van der Waals surface area contributed by atoms with Gasteiger partial charge in [0, 0.05) is 24.2 Å². The number of likely N-dealkylation sites (N-methyl/N-ethyl adjacent to an activating group) is 1. The van der Waals surface area contributed by atoms with E-state index < -0.39 is 0 Å². The molecule has 0 amide bonds. The lowest BCUT2D eigenvalue weighted by atomic mass is 9.86. The van der Waals surface area contributed by atoms with Crippen LogP contribution in [0.15, 0.2) is 24.3 Å². The first kappa shape index (κ1) is 15.6. The molecule has 0 spiro atoms. The summed E-state index contributed by atoms with van der Waals surface area (Å²) in [6.45, 7) is 2.74. The molecule has 0 bridgehead atoms. The molecule has 2 N–H and O–H groups in total. The summed E-state index contributed by atoms with van der Waals surface area (Å²) in [5.74, 6) is 1.58. The highest BCUT2D eigenvalue weighted by atomic mass is 35.5. The smallest absolute Gasteiger partial charge is 0.120 e. The van der Waals surface area contributed by atoms with Crippen molar-refractivity contribution in [3.8, 4) is 5.75 Å². The number of nitrogens with zero attached hydrogens (tertiary/aromatic N) is 1. The molecule has 0 aromatic heterocycles. The Morgan fingerprint density at radius 3 is 3.00 bits per heavy atom. The van der Waals surface area contributed by atoms with Gasteiger partial charge in [-0.25, -0.2) is 0 Å². The van der Waals surface area contributed by atoms with Crippen molar-refractivity contribution < 1.29 is 4.74 Å². The molecule has 0 unspecified atom stereocenters. The van der Waals surface area contributed by atoms with E-state index in [1.54, 1.807) is 0 Å². The van der Waals surface area contributed by atoms with Crippen molar-refractivity contribution in [1.82, 2.24) is 4.90 Å². The van der Waals surface area contributed by atoms with Crippen LogP contribution >= 0.6 is 11.6 Å². The summed E-state index contributed by atoms with van der Waals surface area (Å²) in [5, 5.41) is 0.715. The summed E-state index contributed by atoms with van der Waals surface area (Å²) >= 11 is 5.93. The van der Waals surface area contributed by atoms with Crippen molar-refractivity contribution >= 4 is 11.6 Å². The van der Waals surface area contributed by atoms with E-state index in [0.717, 1.165) is 24.8 Å². The van der Waals surface area contributed by atoms with E-state index in [1.165, 1.54) is 25.7 Å². The zero-order valence-electron chi connectivity index (χ0n) is 12.2. The Morgan fingerprint density at radius 1 is 1.40 bits per heavy atom. The molecule has 2 atom stereocenters. The highest BCUT2D eigenvalue weighted by Crippen LogP contribution is 2.23. The molecule has 0 radical (unpaired) electrons. The maximum Gasteiger partial charge on any atom is 0.120 e. The Labute approximate surface area is 127 Å². The molecule has 20 heavy (non-hydrogen) atoms. The van der Waals surface area contributed by atoms with Crippen LogP contribution in [0.1, 0.15) is 25.7 Å². The van der Waals surface area contributed by atoms with E-state index >= 15 is 0 Å². The minimum absolute atomic E-state index is 0.407. The fourth-order valence-electron chi connectivity index (χ4n) is 2.91. The normalized spacial score (nSPS) is 23.0. The summed E-state index contributed by atoms with van der Waals surface area (Å²) in [7, 11) is 2.15. The van der Waals surface area contributed by atoms with Gasteiger partial charge in [0.1, 0.15) is 12.4 Å². The topological polar surface area (TPSA) is 38.5 Å². The van der Waals surface area contributed by atoms with Crippen LogP contribution in [0, 0.1) is 5.92 Å². The van der Waals surface area contributed by atoms with Crippen molar-refractivity contribution in [2.45, 2.75) is 31.7 Å². The van der Waals surface area contributed by atoms with Gasteiger partial charge < -0.3 is 15.4 Å². The molecule has 1 aromatic carbocycles. The monoisotopic (exact) mass is 296 g/mol. The number of benzene rings is 1.